The molecule has 0 bridgehead atoms. The average Bonchev–Trinajstić information content (AvgIpc) is 3.30. The van der Waals surface area contributed by atoms with E-state index in [4.69, 9.17) is 5.73 Å². The molecule has 1 fully saturated rings. The number of fused-ring (bicyclic) bond motifs is 1. The molecular weight excluding hydrogens is 256 g/mol. The summed E-state index contributed by atoms with van der Waals surface area (Å²) in [5.74, 6) is 0.842. The van der Waals surface area contributed by atoms with Crippen LogP contribution in [-0.4, -0.2) is 4.57 Å². The fraction of sp³-hybridized carbons (Fsp3) is 0.263. The van der Waals surface area contributed by atoms with Crippen molar-refractivity contribution in [3.8, 4) is 11.1 Å². The Labute approximate surface area is 125 Å². The summed E-state index contributed by atoms with van der Waals surface area (Å²) in [6.45, 7) is 1.70. The van der Waals surface area contributed by atoms with Crippen molar-refractivity contribution in [2.75, 3.05) is 0 Å². The molecule has 1 saturated carbocycles. The lowest BCUT2D eigenvalue weighted by molar-refractivity contribution is 0.622. The van der Waals surface area contributed by atoms with Gasteiger partial charge in [0.2, 0.25) is 0 Å². The van der Waals surface area contributed by atoms with Crippen molar-refractivity contribution in [2.24, 2.45) is 11.7 Å². The smallest absolute Gasteiger partial charge is 0.0489 e. The maximum Gasteiger partial charge on any atom is 0.0489 e. The molecule has 1 heterocycles. The first-order valence-electron chi connectivity index (χ1n) is 7.74. The second kappa shape index (κ2) is 5.05. The lowest BCUT2D eigenvalue weighted by atomic mass is 10.0. The average molecular weight is 276 g/mol. The monoisotopic (exact) mass is 276 g/mol. The summed E-state index contributed by atoms with van der Waals surface area (Å²) in [5, 5.41) is 1.32. The van der Waals surface area contributed by atoms with Crippen molar-refractivity contribution in [3.05, 3.63) is 60.3 Å². The molecular formula is C19H20N2. The quantitative estimate of drug-likeness (QED) is 0.761. The van der Waals surface area contributed by atoms with Crippen molar-refractivity contribution in [3.63, 3.8) is 0 Å². The number of nitrogens with two attached hydrogens (primary N) is 1. The van der Waals surface area contributed by atoms with Gasteiger partial charge in [0, 0.05) is 35.2 Å². The summed E-state index contributed by atoms with van der Waals surface area (Å²) < 4.78 is 2.45. The molecule has 2 N–H and O–H groups in total. The molecule has 0 unspecified atom stereocenters. The second-order valence-electron chi connectivity index (χ2n) is 5.96. The highest BCUT2D eigenvalue weighted by Gasteiger charge is 2.25. The first-order valence-corrected chi connectivity index (χ1v) is 7.74. The van der Waals surface area contributed by atoms with Crippen molar-refractivity contribution in [1.82, 2.24) is 4.57 Å². The maximum absolute atomic E-state index is 6.13. The first kappa shape index (κ1) is 12.7. The van der Waals surface area contributed by atoms with E-state index >= 15 is 0 Å². The lowest BCUT2D eigenvalue weighted by Gasteiger charge is -2.10. The number of aromatic nitrogens is 1. The number of hydrogen-bond acceptors (Lipinski definition) is 1. The highest BCUT2D eigenvalue weighted by molar-refractivity contribution is 5.98. The molecule has 2 aromatic carbocycles. The Morgan fingerprint density at radius 2 is 1.67 bits per heavy atom. The third kappa shape index (κ3) is 2.16. The Morgan fingerprint density at radius 3 is 2.38 bits per heavy atom. The molecule has 0 aliphatic heterocycles. The summed E-state index contributed by atoms with van der Waals surface area (Å²) in [6, 6.07) is 19.3. The Balaban J connectivity index is 2.00. The van der Waals surface area contributed by atoms with Gasteiger partial charge in [-0.25, -0.2) is 0 Å². The minimum Gasteiger partial charge on any atom is -0.342 e. The van der Waals surface area contributed by atoms with E-state index in [1.165, 1.54) is 40.6 Å². The van der Waals surface area contributed by atoms with Crippen molar-refractivity contribution < 1.29 is 0 Å². The van der Waals surface area contributed by atoms with Gasteiger partial charge in [0.1, 0.15) is 0 Å². The first-order chi connectivity index (χ1) is 10.4. The van der Waals surface area contributed by atoms with Crippen molar-refractivity contribution in [2.45, 2.75) is 25.9 Å². The van der Waals surface area contributed by atoms with Gasteiger partial charge in [0.05, 0.1) is 0 Å². The molecule has 1 aliphatic rings. The summed E-state index contributed by atoms with van der Waals surface area (Å²) in [4.78, 5) is 0. The zero-order chi connectivity index (χ0) is 14.2. The third-order valence-corrected chi connectivity index (χ3v) is 4.47. The van der Waals surface area contributed by atoms with Crippen LogP contribution in [0.2, 0.25) is 0 Å². The van der Waals surface area contributed by atoms with Gasteiger partial charge in [-0.3, -0.25) is 0 Å². The number of nitrogens with zero attached hydrogens (tertiary/aromatic N) is 1. The Hall–Kier alpha value is -2.06. The Kier molecular flexibility index (Phi) is 3.04. The van der Waals surface area contributed by atoms with Crippen LogP contribution in [0, 0.1) is 5.92 Å². The largest absolute Gasteiger partial charge is 0.342 e. The van der Waals surface area contributed by atoms with Gasteiger partial charge < -0.3 is 10.3 Å². The number of para-hydroxylation sites is 1. The molecule has 0 radical (unpaired) electrons. The summed E-state index contributed by atoms with van der Waals surface area (Å²) in [6.07, 6.45) is 2.72. The van der Waals surface area contributed by atoms with Gasteiger partial charge >= 0.3 is 0 Å². The molecule has 3 aromatic rings. The molecule has 0 amide bonds. The van der Waals surface area contributed by atoms with Crippen LogP contribution in [0.5, 0.6) is 0 Å². The molecule has 2 nitrogen and oxygen atoms in total. The number of benzene rings is 2. The van der Waals surface area contributed by atoms with E-state index in [-0.39, 0.29) is 0 Å². The van der Waals surface area contributed by atoms with Crippen LogP contribution in [0.25, 0.3) is 22.0 Å². The highest BCUT2D eigenvalue weighted by Crippen LogP contribution is 2.38. The van der Waals surface area contributed by atoms with Crippen molar-refractivity contribution >= 4 is 10.9 Å². The molecule has 4 rings (SSSR count). The molecule has 1 aliphatic carbocycles. The van der Waals surface area contributed by atoms with E-state index in [0.717, 1.165) is 12.5 Å². The molecule has 1 aromatic heterocycles. The van der Waals surface area contributed by atoms with E-state index in [2.05, 4.69) is 59.2 Å². The van der Waals surface area contributed by atoms with E-state index in [0.29, 0.717) is 6.54 Å². The van der Waals surface area contributed by atoms with Crippen LogP contribution in [0.1, 0.15) is 18.5 Å². The van der Waals surface area contributed by atoms with Gasteiger partial charge in [0.15, 0.2) is 0 Å². The highest BCUT2D eigenvalue weighted by atomic mass is 15.0. The van der Waals surface area contributed by atoms with Gasteiger partial charge in [-0.1, -0.05) is 48.5 Å². The summed E-state index contributed by atoms with van der Waals surface area (Å²) in [5.41, 5.74) is 11.3. The zero-order valence-electron chi connectivity index (χ0n) is 12.1. The van der Waals surface area contributed by atoms with Crippen LogP contribution in [0.4, 0.5) is 0 Å². The van der Waals surface area contributed by atoms with Gasteiger partial charge in [-0.05, 0) is 30.4 Å². The van der Waals surface area contributed by atoms with E-state index in [1.807, 2.05) is 0 Å². The topological polar surface area (TPSA) is 30.9 Å². The predicted molar refractivity (Wildman–Crippen MR) is 88.0 cm³/mol. The fourth-order valence-corrected chi connectivity index (χ4v) is 3.26. The van der Waals surface area contributed by atoms with Crippen molar-refractivity contribution in [1.29, 1.82) is 0 Å². The molecule has 21 heavy (non-hydrogen) atoms. The van der Waals surface area contributed by atoms with Gasteiger partial charge in [-0.15, -0.1) is 0 Å². The summed E-state index contributed by atoms with van der Waals surface area (Å²) >= 11 is 0. The van der Waals surface area contributed by atoms with E-state index in [1.54, 1.807) is 0 Å². The van der Waals surface area contributed by atoms with Crippen LogP contribution in [0.3, 0.4) is 0 Å². The molecule has 106 valence electrons. The van der Waals surface area contributed by atoms with Gasteiger partial charge in [0.25, 0.3) is 0 Å². The molecule has 2 heteroatoms. The zero-order valence-corrected chi connectivity index (χ0v) is 12.1. The van der Waals surface area contributed by atoms with Gasteiger partial charge in [-0.2, -0.15) is 0 Å². The third-order valence-electron chi connectivity index (χ3n) is 4.47. The molecule has 0 atom stereocenters. The van der Waals surface area contributed by atoms with Crippen LogP contribution < -0.4 is 5.73 Å². The normalized spacial score (nSPS) is 14.7. The standard InChI is InChI=1S/C19H20N2/c20-12-18-19(15-6-2-1-3-7-15)16-8-4-5-9-17(16)21(18)13-14-10-11-14/h1-9,14H,10-13,20H2. The Morgan fingerprint density at radius 1 is 0.952 bits per heavy atom. The molecule has 0 spiro atoms. The van der Waals surface area contributed by atoms with Crippen LogP contribution in [-0.2, 0) is 13.1 Å². The van der Waals surface area contributed by atoms with E-state index < -0.39 is 0 Å². The van der Waals surface area contributed by atoms with Crippen LogP contribution >= 0.6 is 0 Å². The maximum atomic E-state index is 6.13. The SMILES string of the molecule is NCc1c(-c2ccccc2)c2ccccc2n1CC1CC1. The number of rotatable bonds is 4. The Bertz CT molecular complexity index is 767. The summed E-state index contributed by atoms with van der Waals surface area (Å²) in [7, 11) is 0. The minimum absolute atomic E-state index is 0.589. The molecule has 0 saturated heterocycles. The van der Waals surface area contributed by atoms with Crippen LogP contribution in [0.15, 0.2) is 54.6 Å². The van der Waals surface area contributed by atoms with E-state index in [9.17, 15) is 0 Å². The minimum atomic E-state index is 0.589. The lowest BCUT2D eigenvalue weighted by Crippen LogP contribution is -2.09. The second-order valence-corrected chi connectivity index (χ2v) is 5.96. The number of hydrogen-bond donors (Lipinski definition) is 1. The predicted octanol–water partition coefficient (Wildman–Crippen LogP) is 4.18. The fourth-order valence-electron chi connectivity index (χ4n) is 3.26.